The molecule has 7 nitrogen and oxygen atoms in total. The molecule has 0 spiro atoms. The molecule has 320 valence electrons. The van der Waals surface area contributed by atoms with E-state index in [4.69, 9.17) is 20.0 Å². The smallest absolute Gasteiger partial charge is 0.136 e. The number of fused-ring (bicyclic) bond motifs is 5. The van der Waals surface area contributed by atoms with Gasteiger partial charge >= 0.3 is 0 Å². The minimum atomic E-state index is -0.298. The Morgan fingerprint density at radius 2 is 0.846 bits per heavy atom. The highest BCUT2D eigenvalue weighted by Crippen LogP contribution is 2.45. The number of para-hydroxylation sites is 1. The van der Waals surface area contributed by atoms with Gasteiger partial charge in [-0.2, -0.15) is 0 Å². The third kappa shape index (κ3) is 6.31. The standard InChI is InChI=1S/C58H53N7/c1-55(2)57(5,6)64(53(61-55)38-18-12-9-13-19-38)44-27-32-49(59-36-44)41-25-29-46-40(34-41)24-31-48-47-30-26-42(35-51(47)63(52(46)48)43-22-16-11-17-23-43)50-33-28-45(37-60-50)65-54(39-20-14-10-15-21-39)62-56(3,4)58(65,7)8/h9-37H,1-8H3. The molecule has 5 heterocycles. The Labute approximate surface area is 381 Å². The summed E-state index contributed by atoms with van der Waals surface area (Å²) in [6.07, 6.45) is 4.01. The quantitative estimate of drug-likeness (QED) is 0.160. The summed E-state index contributed by atoms with van der Waals surface area (Å²) >= 11 is 0. The molecule has 0 N–H and O–H groups in total. The molecule has 0 saturated heterocycles. The fraction of sp³-hybridized carbons (Fsp3) is 0.207. The molecule has 0 amide bonds. The normalized spacial score (nSPS) is 17.2. The molecule has 6 aromatic carbocycles. The molecule has 0 saturated carbocycles. The third-order valence-corrected chi connectivity index (χ3v) is 14.7. The second-order valence-electron chi connectivity index (χ2n) is 19.6. The Balaban J connectivity index is 0.967. The summed E-state index contributed by atoms with van der Waals surface area (Å²) in [4.78, 5) is 25.4. The average Bonchev–Trinajstić information content (AvgIpc) is 3.83. The monoisotopic (exact) mass is 847 g/mol. The predicted octanol–water partition coefficient (Wildman–Crippen LogP) is 13.7. The van der Waals surface area contributed by atoms with Crippen molar-refractivity contribution >= 4 is 55.6 Å². The number of hydrogen-bond acceptors (Lipinski definition) is 6. The Hall–Kier alpha value is -7.38. The molecular formula is C58H53N7. The van der Waals surface area contributed by atoms with E-state index >= 15 is 0 Å². The van der Waals surface area contributed by atoms with Crippen molar-refractivity contribution in [2.24, 2.45) is 9.98 Å². The van der Waals surface area contributed by atoms with Crippen LogP contribution in [-0.2, 0) is 0 Å². The van der Waals surface area contributed by atoms with Crippen molar-refractivity contribution in [3.8, 4) is 28.2 Å². The first-order valence-electron chi connectivity index (χ1n) is 22.6. The lowest BCUT2D eigenvalue weighted by Crippen LogP contribution is -2.53. The van der Waals surface area contributed by atoms with Gasteiger partial charge in [-0.05, 0) is 109 Å². The lowest BCUT2D eigenvalue weighted by atomic mass is 9.83. The molecule has 2 aliphatic rings. The van der Waals surface area contributed by atoms with E-state index in [0.29, 0.717) is 0 Å². The van der Waals surface area contributed by atoms with E-state index in [0.717, 1.165) is 73.3 Å². The summed E-state index contributed by atoms with van der Waals surface area (Å²) in [5.74, 6) is 1.94. The highest BCUT2D eigenvalue weighted by Gasteiger charge is 2.51. The molecule has 2 aliphatic heterocycles. The molecule has 0 atom stereocenters. The van der Waals surface area contributed by atoms with E-state index in [1.165, 1.54) is 21.7 Å². The second kappa shape index (κ2) is 14.6. The summed E-state index contributed by atoms with van der Waals surface area (Å²) in [5.41, 5.74) is 10.5. The number of aliphatic imine (C=N–C) groups is 2. The van der Waals surface area contributed by atoms with Gasteiger partial charge in [-0.15, -0.1) is 0 Å². The molecule has 11 rings (SSSR count). The average molecular weight is 848 g/mol. The Kier molecular flexibility index (Phi) is 9.06. The number of aromatic nitrogens is 3. The van der Waals surface area contributed by atoms with Crippen LogP contribution in [0.5, 0.6) is 0 Å². The maximum atomic E-state index is 5.26. The van der Waals surface area contributed by atoms with Gasteiger partial charge in [-0.1, -0.05) is 115 Å². The molecule has 0 bridgehead atoms. The van der Waals surface area contributed by atoms with Crippen LogP contribution < -0.4 is 9.80 Å². The van der Waals surface area contributed by atoms with E-state index in [-0.39, 0.29) is 22.2 Å². The van der Waals surface area contributed by atoms with Crippen molar-refractivity contribution in [2.45, 2.75) is 77.5 Å². The van der Waals surface area contributed by atoms with Gasteiger partial charge in [-0.3, -0.25) is 20.0 Å². The molecule has 0 aliphatic carbocycles. The van der Waals surface area contributed by atoms with Crippen LogP contribution in [0.3, 0.4) is 0 Å². The molecule has 0 fully saturated rings. The minimum absolute atomic E-state index is 0.264. The van der Waals surface area contributed by atoms with E-state index in [1.807, 2.05) is 18.5 Å². The van der Waals surface area contributed by atoms with Gasteiger partial charge in [0.1, 0.15) is 11.7 Å². The number of amidine groups is 2. The van der Waals surface area contributed by atoms with Crippen molar-refractivity contribution < 1.29 is 0 Å². The zero-order chi connectivity index (χ0) is 44.9. The molecule has 65 heavy (non-hydrogen) atoms. The highest BCUT2D eigenvalue weighted by atomic mass is 15.3. The zero-order valence-corrected chi connectivity index (χ0v) is 38.4. The first-order chi connectivity index (χ1) is 31.2. The predicted molar refractivity (Wildman–Crippen MR) is 272 cm³/mol. The molecule has 0 radical (unpaired) electrons. The zero-order valence-electron chi connectivity index (χ0n) is 38.4. The van der Waals surface area contributed by atoms with Gasteiger partial charge in [0.05, 0.1) is 68.3 Å². The van der Waals surface area contributed by atoms with E-state index in [1.54, 1.807) is 0 Å². The van der Waals surface area contributed by atoms with Crippen molar-refractivity contribution in [3.63, 3.8) is 0 Å². The summed E-state index contributed by atoms with van der Waals surface area (Å²) in [7, 11) is 0. The third-order valence-electron chi connectivity index (χ3n) is 14.7. The lowest BCUT2D eigenvalue weighted by Gasteiger charge is -2.41. The van der Waals surface area contributed by atoms with Crippen LogP contribution in [0.2, 0.25) is 0 Å². The molecular weight excluding hydrogens is 795 g/mol. The van der Waals surface area contributed by atoms with Crippen molar-refractivity contribution in [3.05, 3.63) is 187 Å². The number of nitrogens with zero attached hydrogens (tertiary/aromatic N) is 7. The number of pyridine rings is 2. The van der Waals surface area contributed by atoms with E-state index < -0.39 is 0 Å². The van der Waals surface area contributed by atoms with Gasteiger partial charge in [-0.25, -0.2) is 0 Å². The maximum absolute atomic E-state index is 5.26. The van der Waals surface area contributed by atoms with Crippen LogP contribution in [0, 0.1) is 0 Å². The maximum Gasteiger partial charge on any atom is 0.136 e. The SMILES string of the molecule is CC1(C)N=C(c2ccccc2)N(c2ccc(-c3ccc4c(ccc5c6ccc(-c7ccc(N8C(c9ccccc9)=NC(C)(C)C8(C)C)cn7)cc6n(-c6ccccc6)c45)c3)nc2)C1(C)C. The summed E-state index contributed by atoms with van der Waals surface area (Å²) < 4.78 is 2.42. The van der Waals surface area contributed by atoms with Crippen LogP contribution in [0.4, 0.5) is 11.4 Å². The van der Waals surface area contributed by atoms with Crippen LogP contribution in [0.25, 0.3) is 60.8 Å². The molecule has 9 aromatic rings. The number of anilines is 2. The Morgan fingerprint density at radius 1 is 0.385 bits per heavy atom. The number of benzene rings is 6. The first kappa shape index (κ1) is 40.4. The fourth-order valence-corrected chi connectivity index (χ4v) is 9.81. The molecule has 0 unspecified atom stereocenters. The molecule has 3 aromatic heterocycles. The van der Waals surface area contributed by atoms with Crippen molar-refractivity contribution in [1.82, 2.24) is 14.5 Å². The second-order valence-corrected chi connectivity index (χ2v) is 19.6. The Morgan fingerprint density at radius 3 is 1.34 bits per heavy atom. The van der Waals surface area contributed by atoms with Gasteiger partial charge in [0.25, 0.3) is 0 Å². The summed E-state index contributed by atoms with van der Waals surface area (Å²) in [6, 6.07) is 58.4. The molecule has 7 heteroatoms. The lowest BCUT2D eigenvalue weighted by molar-refractivity contribution is 0.338. The van der Waals surface area contributed by atoms with E-state index in [2.05, 4.69) is 227 Å². The number of hydrogen-bond donors (Lipinski definition) is 0. The first-order valence-corrected chi connectivity index (χ1v) is 22.6. The van der Waals surface area contributed by atoms with Gasteiger partial charge in [0.15, 0.2) is 0 Å². The highest BCUT2D eigenvalue weighted by molar-refractivity contribution is 6.19. The topological polar surface area (TPSA) is 61.9 Å². The summed E-state index contributed by atoms with van der Waals surface area (Å²) in [6.45, 7) is 17.9. The van der Waals surface area contributed by atoms with E-state index in [9.17, 15) is 0 Å². The van der Waals surface area contributed by atoms with Crippen molar-refractivity contribution in [2.75, 3.05) is 9.80 Å². The van der Waals surface area contributed by atoms with Crippen molar-refractivity contribution in [1.29, 1.82) is 0 Å². The minimum Gasteiger partial charge on any atom is -0.317 e. The van der Waals surface area contributed by atoms with Crippen LogP contribution in [0.1, 0.15) is 66.5 Å². The van der Waals surface area contributed by atoms with Crippen LogP contribution in [0.15, 0.2) is 186 Å². The van der Waals surface area contributed by atoms with Crippen LogP contribution >= 0.6 is 0 Å². The summed E-state index contributed by atoms with van der Waals surface area (Å²) in [5, 5.41) is 4.75. The van der Waals surface area contributed by atoms with Gasteiger partial charge < -0.3 is 14.4 Å². The van der Waals surface area contributed by atoms with Gasteiger partial charge in [0, 0.05) is 44.1 Å². The van der Waals surface area contributed by atoms with Crippen LogP contribution in [-0.4, -0.2) is 48.4 Å². The number of rotatable bonds is 7. The largest absolute Gasteiger partial charge is 0.317 e. The van der Waals surface area contributed by atoms with Gasteiger partial charge in [0.2, 0.25) is 0 Å². The fourth-order valence-electron chi connectivity index (χ4n) is 9.81. The Bertz CT molecular complexity index is 3340.